The highest BCUT2D eigenvalue weighted by atomic mass is 32.2. The number of rotatable bonds is 6. The molecule has 1 heterocycles. The molecule has 1 aliphatic heterocycles. The van der Waals surface area contributed by atoms with E-state index in [0.29, 0.717) is 19.6 Å². The molecule has 0 spiro atoms. The third-order valence-electron chi connectivity index (χ3n) is 4.20. The highest BCUT2D eigenvalue weighted by molar-refractivity contribution is 7.89. The van der Waals surface area contributed by atoms with Crippen LogP contribution in [0.5, 0.6) is 0 Å². The van der Waals surface area contributed by atoms with Gasteiger partial charge in [-0.05, 0) is 38.0 Å². The predicted molar refractivity (Wildman–Crippen MR) is 101 cm³/mol. The van der Waals surface area contributed by atoms with E-state index in [4.69, 9.17) is 4.74 Å². The Morgan fingerprint density at radius 1 is 1.11 bits per heavy atom. The van der Waals surface area contributed by atoms with E-state index in [1.54, 1.807) is 6.92 Å². The summed E-state index contributed by atoms with van der Waals surface area (Å²) in [6.45, 7) is 2.29. The number of esters is 1. The van der Waals surface area contributed by atoms with E-state index in [9.17, 15) is 22.8 Å². The minimum atomic E-state index is -3.70. The number of carbonyl (C=O) groups excluding carboxylic acids is 3. The fourth-order valence-corrected chi connectivity index (χ4v) is 4.36. The number of hydrogen-bond donors (Lipinski definition) is 2. The molecule has 0 saturated carbocycles. The molecular formula is C18H25N3O6S. The molecule has 2 rings (SSSR count). The average Bonchev–Trinajstić information content (AvgIpc) is 2.96. The molecule has 9 nitrogen and oxygen atoms in total. The Morgan fingerprint density at radius 3 is 2.43 bits per heavy atom. The van der Waals surface area contributed by atoms with Gasteiger partial charge in [-0.15, -0.1) is 0 Å². The van der Waals surface area contributed by atoms with E-state index < -0.39 is 34.5 Å². The zero-order valence-corrected chi connectivity index (χ0v) is 16.6. The molecule has 0 radical (unpaired) electrons. The van der Waals surface area contributed by atoms with Crippen LogP contribution < -0.4 is 10.6 Å². The van der Waals surface area contributed by atoms with Crippen LogP contribution in [0.2, 0.25) is 0 Å². The number of urea groups is 1. The SMILES string of the molecule is CCNC(=O)NC(=O)COC(=O)c1cccc(S(=O)(=O)N2CCCCCC2)c1. The van der Waals surface area contributed by atoms with Gasteiger partial charge in [0.15, 0.2) is 6.61 Å². The lowest BCUT2D eigenvalue weighted by atomic mass is 10.2. The van der Waals surface area contributed by atoms with Crippen molar-refractivity contribution in [2.45, 2.75) is 37.5 Å². The smallest absolute Gasteiger partial charge is 0.338 e. The van der Waals surface area contributed by atoms with Crippen LogP contribution in [0.3, 0.4) is 0 Å². The summed E-state index contributed by atoms with van der Waals surface area (Å²) >= 11 is 0. The summed E-state index contributed by atoms with van der Waals surface area (Å²) in [6, 6.07) is 4.85. The second kappa shape index (κ2) is 10.2. The normalized spacial score (nSPS) is 15.3. The van der Waals surface area contributed by atoms with Crippen molar-refractivity contribution in [3.05, 3.63) is 29.8 Å². The summed E-state index contributed by atoms with van der Waals surface area (Å²) in [5, 5.41) is 4.38. The van der Waals surface area contributed by atoms with Gasteiger partial charge in [-0.3, -0.25) is 10.1 Å². The number of amides is 3. The zero-order valence-electron chi connectivity index (χ0n) is 15.8. The quantitative estimate of drug-likeness (QED) is 0.680. The molecule has 1 aromatic rings. The lowest BCUT2D eigenvalue weighted by molar-refractivity contribution is -0.123. The monoisotopic (exact) mass is 411 g/mol. The van der Waals surface area contributed by atoms with E-state index in [-0.39, 0.29) is 10.5 Å². The topological polar surface area (TPSA) is 122 Å². The van der Waals surface area contributed by atoms with E-state index in [1.807, 2.05) is 5.32 Å². The van der Waals surface area contributed by atoms with Crippen LogP contribution in [-0.4, -0.2) is 56.9 Å². The van der Waals surface area contributed by atoms with Crippen LogP contribution in [0, 0.1) is 0 Å². The van der Waals surface area contributed by atoms with Crippen molar-refractivity contribution in [3.8, 4) is 0 Å². The zero-order chi connectivity index (χ0) is 20.6. The number of nitrogens with zero attached hydrogens (tertiary/aromatic N) is 1. The lowest BCUT2D eigenvalue weighted by Gasteiger charge is -2.20. The van der Waals surface area contributed by atoms with Gasteiger partial charge in [-0.2, -0.15) is 4.31 Å². The molecule has 10 heteroatoms. The van der Waals surface area contributed by atoms with Gasteiger partial charge in [0.1, 0.15) is 0 Å². The number of imide groups is 1. The molecule has 0 atom stereocenters. The molecule has 28 heavy (non-hydrogen) atoms. The molecule has 2 N–H and O–H groups in total. The summed E-state index contributed by atoms with van der Waals surface area (Å²) in [7, 11) is -3.70. The van der Waals surface area contributed by atoms with Crippen molar-refractivity contribution in [1.29, 1.82) is 0 Å². The Morgan fingerprint density at radius 2 is 1.79 bits per heavy atom. The molecule has 154 valence electrons. The van der Waals surface area contributed by atoms with Crippen LogP contribution in [0.15, 0.2) is 29.2 Å². The van der Waals surface area contributed by atoms with Gasteiger partial charge in [0.05, 0.1) is 10.5 Å². The average molecular weight is 411 g/mol. The van der Waals surface area contributed by atoms with Gasteiger partial charge >= 0.3 is 12.0 Å². The minimum absolute atomic E-state index is 0.00984. The number of carbonyl (C=O) groups is 3. The largest absolute Gasteiger partial charge is 0.452 e. The summed E-state index contributed by atoms with van der Waals surface area (Å²) in [6.07, 6.45) is 3.61. The van der Waals surface area contributed by atoms with E-state index >= 15 is 0 Å². The third-order valence-corrected chi connectivity index (χ3v) is 6.09. The Balaban J connectivity index is 2.02. The number of ether oxygens (including phenoxy) is 1. The van der Waals surface area contributed by atoms with Gasteiger partial charge in [0.2, 0.25) is 10.0 Å². The van der Waals surface area contributed by atoms with Crippen LogP contribution in [0.4, 0.5) is 4.79 Å². The molecule has 0 aromatic heterocycles. The molecule has 1 saturated heterocycles. The van der Waals surface area contributed by atoms with Crippen molar-refractivity contribution in [1.82, 2.24) is 14.9 Å². The molecule has 3 amide bonds. The summed E-state index contributed by atoms with van der Waals surface area (Å²) in [4.78, 5) is 35.0. The molecular weight excluding hydrogens is 386 g/mol. The van der Waals surface area contributed by atoms with Crippen molar-refractivity contribution in [2.75, 3.05) is 26.2 Å². The number of benzene rings is 1. The summed E-state index contributed by atoms with van der Waals surface area (Å²) in [5.74, 6) is -1.63. The van der Waals surface area contributed by atoms with Gasteiger partial charge in [-0.25, -0.2) is 18.0 Å². The molecule has 1 fully saturated rings. The van der Waals surface area contributed by atoms with E-state index in [2.05, 4.69) is 5.32 Å². The first kappa shape index (κ1) is 21.8. The van der Waals surface area contributed by atoms with Crippen LogP contribution in [0.1, 0.15) is 43.0 Å². The van der Waals surface area contributed by atoms with E-state index in [1.165, 1.54) is 28.6 Å². The Labute approximate surface area is 164 Å². The number of hydrogen-bond acceptors (Lipinski definition) is 6. The Hall–Kier alpha value is -2.46. The molecule has 0 bridgehead atoms. The van der Waals surface area contributed by atoms with Crippen LogP contribution >= 0.6 is 0 Å². The molecule has 0 unspecified atom stereocenters. The second-order valence-corrected chi connectivity index (χ2v) is 8.27. The Kier molecular flexibility index (Phi) is 7.94. The lowest BCUT2D eigenvalue weighted by Crippen LogP contribution is -2.41. The maximum absolute atomic E-state index is 12.8. The van der Waals surface area contributed by atoms with Gasteiger partial charge < -0.3 is 10.1 Å². The first-order valence-electron chi connectivity index (χ1n) is 9.19. The molecule has 1 aliphatic rings. The fraction of sp³-hybridized carbons (Fsp3) is 0.500. The van der Waals surface area contributed by atoms with Crippen molar-refractivity contribution in [2.24, 2.45) is 0 Å². The maximum atomic E-state index is 12.8. The highest BCUT2D eigenvalue weighted by Gasteiger charge is 2.26. The molecule has 0 aliphatic carbocycles. The maximum Gasteiger partial charge on any atom is 0.338 e. The molecule has 1 aromatic carbocycles. The number of nitrogens with one attached hydrogen (secondary N) is 2. The fourth-order valence-electron chi connectivity index (χ4n) is 2.80. The minimum Gasteiger partial charge on any atom is -0.452 e. The van der Waals surface area contributed by atoms with Crippen LogP contribution in [0.25, 0.3) is 0 Å². The number of sulfonamides is 1. The second-order valence-electron chi connectivity index (χ2n) is 6.33. The Bertz CT molecular complexity index is 816. The first-order valence-corrected chi connectivity index (χ1v) is 10.6. The van der Waals surface area contributed by atoms with Gasteiger partial charge in [0.25, 0.3) is 5.91 Å². The van der Waals surface area contributed by atoms with Crippen LogP contribution in [-0.2, 0) is 19.6 Å². The highest BCUT2D eigenvalue weighted by Crippen LogP contribution is 2.21. The third kappa shape index (κ3) is 6.03. The first-order chi connectivity index (χ1) is 13.3. The van der Waals surface area contributed by atoms with Crippen molar-refractivity contribution in [3.63, 3.8) is 0 Å². The van der Waals surface area contributed by atoms with Crippen molar-refractivity contribution >= 4 is 27.9 Å². The standard InChI is InChI=1S/C18H25N3O6S/c1-2-19-18(24)20-16(22)13-27-17(23)14-8-7-9-15(12-14)28(25,26)21-10-5-3-4-6-11-21/h7-9,12H,2-6,10-11,13H2,1H3,(H2,19,20,22,24). The summed E-state index contributed by atoms with van der Waals surface area (Å²) in [5.41, 5.74) is 0.0155. The van der Waals surface area contributed by atoms with E-state index in [0.717, 1.165) is 25.7 Å². The summed E-state index contributed by atoms with van der Waals surface area (Å²) < 4.78 is 32.0. The van der Waals surface area contributed by atoms with Crippen molar-refractivity contribution < 1.29 is 27.5 Å². The predicted octanol–water partition coefficient (Wildman–Crippen LogP) is 1.25. The van der Waals surface area contributed by atoms with Gasteiger partial charge in [-0.1, -0.05) is 18.9 Å². The van der Waals surface area contributed by atoms with Gasteiger partial charge in [0, 0.05) is 19.6 Å².